The Hall–Kier alpha value is -1.31. The summed E-state index contributed by atoms with van der Waals surface area (Å²) in [7, 11) is 0. The minimum absolute atomic E-state index is 0.191. The molecule has 2 aromatic rings. The summed E-state index contributed by atoms with van der Waals surface area (Å²) in [5.41, 5.74) is 2.05. The first-order chi connectivity index (χ1) is 11.6. The molecule has 0 spiro atoms. The molecule has 0 unspecified atom stereocenters. The van der Waals surface area contributed by atoms with E-state index in [1.54, 1.807) is 24.3 Å². The molecule has 0 fully saturated rings. The van der Waals surface area contributed by atoms with Crippen molar-refractivity contribution in [3.05, 3.63) is 54.1 Å². The number of hydrogen-bond donors (Lipinski definition) is 2. The average Bonchev–Trinajstić information content (AvgIpc) is 2.56. The molecule has 126 valence electrons. The fraction of sp³-hybridized carbons (Fsp3) is 0.235. The van der Waals surface area contributed by atoms with Gasteiger partial charge in [-0.3, -0.25) is 0 Å². The molecular formula is C17H16F2N2S3. The zero-order valence-corrected chi connectivity index (χ0v) is 15.1. The lowest BCUT2D eigenvalue weighted by molar-refractivity contribution is 0.252. The number of nitrogens with one attached hydrogen (secondary N) is 2. The largest absolute Gasteiger partial charge is 0.356 e. The molecule has 1 atom stereocenters. The molecule has 1 aliphatic heterocycles. The van der Waals surface area contributed by atoms with Gasteiger partial charge < -0.3 is 10.6 Å². The van der Waals surface area contributed by atoms with E-state index >= 15 is 0 Å². The molecule has 0 bridgehead atoms. The number of fused-ring (bicyclic) bond motifs is 1. The van der Waals surface area contributed by atoms with Crippen LogP contribution in [0.3, 0.4) is 0 Å². The Morgan fingerprint density at radius 3 is 2.67 bits per heavy atom. The van der Waals surface area contributed by atoms with E-state index in [1.807, 2.05) is 23.9 Å². The van der Waals surface area contributed by atoms with E-state index in [0.29, 0.717) is 21.8 Å². The normalized spacial score (nSPS) is 16.5. The number of thioether (sulfide) groups is 2. The number of halogens is 2. The van der Waals surface area contributed by atoms with E-state index in [1.165, 1.54) is 10.5 Å². The van der Waals surface area contributed by atoms with Crippen LogP contribution >= 0.6 is 35.7 Å². The van der Waals surface area contributed by atoms with Crippen LogP contribution in [0.5, 0.6) is 0 Å². The molecule has 0 amide bonds. The predicted octanol–water partition coefficient (Wildman–Crippen LogP) is 5.52. The molecule has 3 rings (SSSR count). The van der Waals surface area contributed by atoms with Gasteiger partial charge in [0.05, 0.1) is 6.04 Å². The van der Waals surface area contributed by atoms with E-state index in [0.717, 1.165) is 17.9 Å². The summed E-state index contributed by atoms with van der Waals surface area (Å²) in [6, 6.07) is 15.4. The summed E-state index contributed by atoms with van der Waals surface area (Å²) in [6.45, 7) is 0. The van der Waals surface area contributed by atoms with Crippen molar-refractivity contribution < 1.29 is 8.78 Å². The van der Waals surface area contributed by atoms with Gasteiger partial charge in [0.1, 0.15) is 0 Å². The first-order valence-electron chi connectivity index (χ1n) is 7.46. The molecule has 24 heavy (non-hydrogen) atoms. The van der Waals surface area contributed by atoms with E-state index in [2.05, 4.69) is 22.8 Å². The first-order valence-corrected chi connectivity index (χ1v) is 9.73. The Morgan fingerprint density at radius 2 is 1.92 bits per heavy atom. The van der Waals surface area contributed by atoms with Gasteiger partial charge in [-0.2, -0.15) is 8.78 Å². The van der Waals surface area contributed by atoms with Crippen LogP contribution in [-0.2, 0) is 0 Å². The van der Waals surface area contributed by atoms with Gasteiger partial charge in [0, 0.05) is 21.2 Å². The number of hydrogen-bond acceptors (Lipinski definition) is 3. The highest BCUT2D eigenvalue weighted by Crippen LogP contribution is 2.35. The molecule has 1 heterocycles. The Morgan fingerprint density at radius 1 is 1.17 bits per heavy atom. The van der Waals surface area contributed by atoms with E-state index in [4.69, 9.17) is 12.2 Å². The molecule has 2 N–H and O–H groups in total. The molecular weight excluding hydrogens is 366 g/mol. The van der Waals surface area contributed by atoms with Crippen LogP contribution in [0, 0.1) is 0 Å². The highest BCUT2D eigenvalue weighted by atomic mass is 32.2. The highest BCUT2D eigenvalue weighted by molar-refractivity contribution is 7.99. The van der Waals surface area contributed by atoms with Gasteiger partial charge in [-0.25, -0.2) is 0 Å². The van der Waals surface area contributed by atoms with Gasteiger partial charge in [-0.05, 0) is 54.5 Å². The maximum absolute atomic E-state index is 12.3. The van der Waals surface area contributed by atoms with E-state index in [-0.39, 0.29) is 6.04 Å². The van der Waals surface area contributed by atoms with Crippen molar-refractivity contribution >= 4 is 46.5 Å². The fourth-order valence-corrected chi connectivity index (χ4v) is 4.42. The molecule has 7 heteroatoms. The lowest BCUT2D eigenvalue weighted by Gasteiger charge is -2.27. The topological polar surface area (TPSA) is 24.1 Å². The van der Waals surface area contributed by atoms with Crippen molar-refractivity contribution in [2.75, 3.05) is 11.1 Å². The van der Waals surface area contributed by atoms with Gasteiger partial charge in [-0.1, -0.05) is 30.0 Å². The quantitative estimate of drug-likeness (QED) is 0.535. The summed E-state index contributed by atoms with van der Waals surface area (Å²) in [5.74, 6) is -1.35. The summed E-state index contributed by atoms with van der Waals surface area (Å²) in [6.07, 6.45) is 1.01. The van der Waals surface area contributed by atoms with Gasteiger partial charge in [0.2, 0.25) is 0 Å². The summed E-state index contributed by atoms with van der Waals surface area (Å²) >= 11 is 7.79. The third-order valence-corrected chi connectivity index (χ3v) is 5.67. The minimum atomic E-state index is -2.41. The predicted molar refractivity (Wildman–Crippen MR) is 102 cm³/mol. The standard InChI is InChI=1S/C17H16F2N2S3/c18-16(19)24-12-7-5-11(6-8-12)20-17(22)21-14-9-10-23-15-4-2-1-3-13(14)15/h1-8,14,16H,9-10H2,(H2,20,21,22)/t14-/m1/s1. The van der Waals surface area contributed by atoms with Crippen LogP contribution in [0.4, 0.5) is 14.5 Å². The molecule has 0 saturated heterocycles. The monoisotopic (exact) mass is 382 g/mol. The van der Waals surface area contributed by atoms with Crippen molar-refractivity contribution in [3.63, 3.8) is 0 Å². The average molecular weight is 383 g/mol. The van der Waals surface area contributed by atoms with Gasteiger partial charge in [0.15, 0.2) is 5.11 Å². The summed E-state index contributed by atoms with van der Waals surface area (Å²) in [5, 5.41) is 7.01. The second-order valence-electron chi connectivity index (χ2n) is 5.23. The second-order valence-corrected chi connectivity index (χ2v) is 7.84. The van der Waals surface area contributed by atoms with Crippen LogP contribution in [0.25, 0.3) is 0 Å². The van der Waals surface area contributed by atoms with Crippen LogP contribution in [0.15, 0.2) is 58.3 Å². The fourth-order valence-electron chi connectivity index (χ4n) is 2.54. The molecule has 1 aliphatic rings. The van der Waals surface area contributed by atoms with Crippen LogP contribution in [0.1, 0.15) is 18.0 Å². The maximum Gasteiger partial charge on any atom is 0.288 e. The molecule has 2 nitrogen and oxygen atoms in total. The summed E-state index contributed by atoms with van der Waals surface area (Å²) in [4.78, 5) is 1.82. The number of anilines is 1. The minimum Gasteiger partial charge on any atom is -0.356 e. The Kier molecular flexibility index (Phi) is 5.97. The molecule has 2 aromatic carbocycles. The van der Waals surface area contributed by atoms with E-state index < -0.39 is 5.76 Å². The highest BCUT2D eigenvalue weighted by Gasteiger charge is 2.20. The van der Waals surface area contributed by atoms with Crippen LogP contribution in [0.2, 0.25) is 0 Å². The molecule has 0 radical (unpaired) electrons. The maximum atomic E-state index is 12.3. The van der Waals surface area contributed by atoms with Crippen molar-refractivity contribution in [1.82, 2.24) is 5.32 Å². The SMILES string of the molecule is FC(F)Sc1ccc(NC(=S)N[C@@H]2CCSc3ccccc32)cc1. The van der Waals surface area contributed by atoms with Crippen LogP contribution < -0.4 is 10.6 Å². The Labute approximate surface area is 153 Å². The first kappa shape index (κ1) is 17.5. The zero-order chi connectivity index (χ0) is 16.9. The van der Waals surface area contributed by atoms with E-state index in [9.17, 15) is 8.78 Å². The Bertz CT molecular complexity index is 707. The third kappa shape index (κ3) is 4.62. The van der Waals surface area contributed by atoms with Crippen molar-refractivity contribution in [1.29, 1.82) is 0 Å². The molecule has 0 aliphatic carbocycles. The number of thiocarbonyl (C=S) groups is 1. The van der Waals surface area contributed by atoms with Crippen LogP contribution in [-0.4, -0.2) is 16.6 Å². The third-order valence-electron chi connectivity index (χ3n) is 3.60. The smallest absolute Gasteiger partial charge is 0.288 e. The van der Waals surface area contributed by atoms with Gasteiger partial charge in [-0.15, -0.1) is 11.8 Å². The van der Waals surface area contributed by atoms with Crippen molar-refractivity contribution in [3.8, 4) is 0 Å². The Balaban J connectivity index is 1.60. The molecule has 0 aromatic heterocycles. The number of benzene rings is 2. The van der Waals surface area contributed by atoms with Crippen molar-refractivity contribution in [2.24, 2.45) is 0 Å². The lowest BCUT2D eigenvalue weighted by atomic mass is 10.0. The zero-order valence-electron chi connectivity index (χ0n) is 12.7. The number of rotatable bonds is 4. The number of alkyl halides is 2. The van der Waals surface area contributed by atoms with Gasteiger partial charge in [0.25, 0.3) is 5.76 Å². The molecule has 0 saturated carbocycles. The second kappa shape index (κ2) is 8.18. The lowest BCUT2D eigenvalue weighted by Crippen LogP contribution is -2.33. The van der Waals surface area contributed by atoms with Crippen molar-refractivity contribution in [2.45, 2.75) is 28.0 Å². The summed E-state index contributed by atoms with van der Waals surface area (Å²) < 4.78 is 24.7. The van der Waals surface area contributed by atoms with Gasteiger partial charge >= 0.3 is 0 Å².